The predicted octanol–water partition coefficient (Wildman–Crippen LogP) is 3.19. The van der Waals surface area contributed by atoms with Crippen molar-refractivity contribution in [3.63, 3.8) is 0 Å². The molecule has 0 saturated heterocycles. The van der Waals surface area contributed by atoms with E-state index in [1.54, 1.807) is 4.90 Å². The van der Waals surface area contributed by atoms with Gasteiger partial charge in [0, 0.05) is 13.6 Å². The number of nitrogens with zero attached hydrogens (tertiary/aromatic N) is 1. The van der Waals surface area contributed by atoms with Gasteiger partial charge in [0.05, 0.1) is 6.04 Å². The van der Waals surface area contributed by atoms with E-state index in [0.29, 0.717) is 0 Å². The smallest absolute Gasteiger partial charge is 0.239 e. The number of carbonyl (C=O) groups excluding carboxylic acids is 1. The van der Waals surface area contributed by atoms with Gasteiger partial charge in [-0.1, -0.05) is 45.4 Å². The fourth-order valence-corrected chi connectivity index (χ4v) is 1.97. The largest absolute Gasteiger partial charge is 0.345 e. The second kappa shape index (κ2) is 11.5. The van der Waals surface area contributed by atoms with Gasteiger partial charge in [0.25, 0.3) is 0 Å². The molecule has 0 aromatic heterocycles. The lowest BCUT2D eigenvalue weighted by molar-refractivity contribution is -0.131. The van der Waals surface area contributed by atoms with Crippen molar-refractivity contribution in [3.8, 4) is 0 Å². The van der Waals surface area contributed by atoms with Crippen LogP contribution in [0.5, 0.6) is 0 Å². The molecule has 0 fully saturated rings. The summed E-state index contributed by atoms with van der Waals surface area (Å²) in [5, 5.41) is 3.31. The summed E-state index contributed by atoms with van der Waals surface area (Å²) in [6.45, 7) is 7.94. The van der Waals surface area contributed by atoms with Gasteiger partial charge in [-0.05, 0) is 26.8 Å². The van der Waals surface area contributed by atoms with Crippen molar-refractivity contribution in [2.24, 2.45) is 0 Å². The number of amides is 1. The maximum atomic E-state index is 11.8. The van der Waals surface area contributed by atoms with Crippen LogP contribution < -0.4 is 5.32 Å². The van der Waals surface area contributed by atoms with Crippen LogP contribution >= 0.6 is 0 Å². The molecule has 18 heavy (non-hydrogen) atoms. The number of hydrogen-bond acceptors (Lipinski definition) is 2. The highest BCUT2D eigenvalue weighted by atomic mass is 16.2. The number of carbonyl (C=O) groups is 1. The van der Waals surface area contributed by atoms with E-state index in [1.165, 1.54) is 44.9 Å². The number of hydrogen-bond donors (Lipinski definition) is 1. The van der Waals surface area contributed by atoms with E-state index in [9.17, 15) is 4.79 Å². The number of likely N-dealkylation sites (N-methyl/N-ethyl adjacent to an activating group) is 1. The van der Waals surface area contributed by atoms with E-state index in [1.807, 2.05) is 20.9 Å². The van der Waals surface area contributed by atoms with E-state index < -0.39 is 0 Å². The molecular weight excluding hydrogens is 224 g/mol. The van der Waals surface area contributed by atoms with Gasteiger partial charge >= 0.3 is 0 Å². The van der Waals surface area contributed by atoms with Crippen molar-refractivity contribution >= 4 is 5.91 Å². The molecule has 0 spiro atoms. The molecule has 1 amide bonds. The van der Waals surface area contributed by atoms with Crippen LogP contribution in [0.15, 0.2) is 0 Å². The Labute approximate surface area is 113 Å². The van der Waals surface area contributed by atoms with Crippen molar-refractivity contribution in [1.29, 1.82) is 0 Å². The Morgan fingerprint density at radius 3 is 2.17 bits per heavy atom. The first-order valence-corrected chi connectivity index (χ1v) is 7.61. The molecule has 0 aliphatic carbocycles. The quantitative estimate of drug-likeness (QED) is 0.576. The number of unbranched alkanes of at least 4 members (excludes halogenated alkanes) is 6. The lowest BCUT2D eigenvalue weighted by Crippen LogP contribution is -2.43. The Kier molecular flexibility index (Phi) is 11.2. The van der Waals surface area contributed by atoms with Crippen LogP contribution in [-0.2, 0) is 4.79 Å². The minimum atomic E-state index is -0.0463. The van der Waals surface area contributed by atoms with Crippen molar-refractivity contribution in [1.82, 2.24) is 10.2 Å². The van der Waals surface area contributed by atoms with Crippen LogP contribution in [0.1, 0.15) is 65.7 Å². The lowest BCUT2D eigenvalue weighted by atomic mass is 10.1. The minimum Gasteiger partial charge on any atom is -0.345 e. The minimum absolute atomic E-state index is 0.0463. The highest BCUT2D eigenvalue weighted by molar-refractivity contribution is 5.81. The monoisotopic (exact) mass is 256 g/mol. The van der Waals surface area contributed by atoms with Crippen LogP contribution in [-0.4, -0.2) is 37.0 Å². The molecule has 1 atom stereocenters. The fraction of sp³-hybridized carbons (Fsp3) is 0.933. The Bertz CT molecular complexity index is 207. The van der Waals surface area contributed by atoms with Crippen molar-refractivity contribution in [2.75, 3.05) is 20.1 Å². The SMILES string of the molecule is CCCCCCCCCNC(C)C(=O)N(C)CC. The average molecular weight is 256 g/mol. The molecule has 0 rings (SSSR count). The fourth-order valence-electron chi connectivity index (χ4n) is 1.97. The Balaban J connectivity index is 3.40. The third-order valence-electron chi connectivity index (χ3n) is 3.45. The summed E-state index contributed by atoms with van der Waals surface area (Å²) in [7, 11) is 1.86. The zero-order chi connectivity index (χ0) is 13.8. The highest BCUT2D eigenvalue weighted by Crippen LogP contribution is 2.06. The van der Waals surface area contributed by atoms with Crippen molar-refractivity contribution in [3.05, 3.63) is 0 Å². The second-order valence-corrected chi connectivity index (χ2v) is 5.15. The Morgan fingerprint density at radius 2 is 1.61 bits per heavy atom. The topological polar surface area (TPSA) is 32.3 Å². The van der Waals surface area contributed by atoms with Gasteiger partial charge < -0.3 is 10.2 Å². The van der Waals surface area contributed by atoms with Crippen LogP contribution in [0.4, 0.5) is 0 Å². The van der Waals surface area contributed by atoms with Gasteiger partial charge in [-0.2, -0.15) is 0 Å². The summed E-state index contributed by atoms with van der Waals surface area (Å²) in [4.78, 5) is 13.5. The third kappa shape index (κ3) is 8.51. The van der Waals surface area contributed by atoms with Gasteiger partial charge in [-0.3, -0.25) is 4.79 Å². The molecule has 0 heterocycles. The maximum absolute atomic E-state index is 11.8. The molecule has 0 saturated carbocycles. The molecule has 1 N–H and O–H groups in total. The normalized spacial score (nSPS) is 12.4. The molecule has 1 unspecified atom stereocenters. The number of nitrogens with one attached hydrogen (secondary N) is 1. The summed E-state index contributed by atoms with van der Waals surface area (Å²) < 4.78 is 0. The first-order chi connectivity index (χ1) is 8.63. The summed E-state index contributed by atoms with van der Waals surface area (Å²) in [6, 6.07) is -0.0463. The molecule has 3 nitrogen and oxygen atoms in total. The van der Waals surface area contributed by atoms with Crippen LogP contribution in [0.25, 0.3) is 0 Å². The highest BCUT2D eigenvalue weighted by Gasteiger charge is 2.14. The van der Waals surface area contributed by atoms with Gasteiger partial charge in [0.15, 0.2) is 0 Å². The van der Waals surface area contributed by atoms with E-state index in [4.69, 9.17) is 0 Å². The van der Waals surface area contributed by atoms with Gasteiger partial charge in [0.2, 0.25) is 5.91 Å². The summed E-state index contributed by atoms with van der Waals surface area (Å²) in [5.41, 5.74) is 0. The molecule has 0 aliphatic heterocycles. The van der Waals surface area contributed by atoms with Crippen LogP contribution in [0.3, 0.4) is 0 Å². The summed E-state index contributed by atoms with van der Waals surface area (Å²) >= 11 is 0. The van der Waals surface area contributed by atoms with E-state index in [0.717, 1.165) is 13.1 Å². The first kappa shape index (κ1) is 17.4. The van der Waals surface area contributed by atoms with Crippen molar-refractivity contribution < 1.29 is 4.79 Å². The zero-order valence-corrected chi connectivity index (χ0v) is 12.8. The third-order valence-corrected chi connectivity index (χ3v) is 3.45. The Hall–Kier alpha value is -0.570. The van der Waals surface area contributed by atoms with Crippen molar-refractivity contribution in [2.45, 2.75) is 71.8 Å². The molecule has 0 radical (unpaired) electrons. The molecule has 0 aromatic rings. The van der Waals surface area contributed by atoms with E-state index >= 15 is 0 Å². The summed E-state index contributed by atoms with van der Waals surface area (Å²) in [6.07, 6.45) is 9.21. The van der Waals surface area contributed by atoms with Crippen LogP contribution in [0.2, 0.25) is 0 Å². The average Bonchev–Trinajstić information content (AvgIpc) is 2.39. The predicted molar refractivity (Wildman–Crippen MR) is 78.8 cm³/mol. The first-order valence-electron chi connectivity index (χ1n) is 7.61. The van der Waals surface area contributed by atoms with E-state index in [-0.39, 0.29) is 11.9 Å². The van der Waals surface area contributed by atoms with Crippen LogP contribution in [0, 0.1) is 0 Å². The summed E-state index contributed by atoms with van der Waals surface area (Å²) in [5.74, 6) is 0.195. The molecule has 0 aliphatic rings. The Morgan fingerprint density at radius 1 is 1.06 bits per heavy atom. The zero-order valence-electron chi connectivity index (χ0n) is 12.8. The number of rotatable bonds is 11. The molecular formula is C15H32N2O. The van der Waals surface area contributed by atoms with Gasteiger partial charge in [-0.25, -0.2) is 0 Å². The second-order valence-electron chi connectivity index (χ2n) is 5.15. The van der Waals surface area contributed by atoms with E-state index in [2.05, 4.69) is 12.2 Å². The molecule has 108 valence electrons. The molecule has 0 bridgehead atoms. The standard InChI is InChI=1S/C15H32N2O/c1-5-7-8-9-10-11-12-13-16-14(3)15(18)17(4)6-2/h14,16H,5-13H2,1-4H3. The molecule has 3 heteroatoms. The maximum Gasteiger partial charge on any atom is 0.239 e. The van der Waals surface area contributed by atoms with Gasteiger partial charge in [0.1, 0.15) is 0 Å². The van der Waals surface area contributed by atoms with Gasteiger partial charge in [-0.15, -0.1) is 0 Å². The lowest BCUT2D eigenvalue weighted by Gasteiger charge is -2.20. The molecule has 0 aromatic carbocycles.